The lowest BCUT2D eigenvalue weighted by atomic mass is 9.99. The number of anilines is 1. The van der Waals surface area contributed by atoms with Gasteiger partial charge in [-0.25, -0.2) is 9.97 Å². The first-order valence-electron chi connectivity index (χ1n) is 11.5. The van der Waals surface area contributed by atoms with Crippen LogP contribution >= 0.6 is 0 Å². The Bertz CT molecular complexity index is 1270. The number of carbonyl (C=O) groups excluding carboxylic acids is 1. The Kier molecular flexibility index (Phi) is 6.09. The summed E-state index contributed by atoms with van der Waals surface area (Å²) in [6.07, 6.45) is 6.83. The number of amides is 1. The molecule has 1 aliphatic heterocycles. The molecular weight excluding hydrogens is 410 g/mol. The number of carbonyl (C=O) groups is 1. The highest BCUT2D eigenvalue weighted by molar-refractivity contribution is 6.04. The Labute approximate surface area is 193 Å². The van der Waals surface area contributed by atoms with Crippen molar-refractivity contribution in [2.45, 2.75) is 38.8 Å². The SMILES string of the molecule is Cc1nc([C@H]2CCCCN2Cc2cccc3ncccc23)ncc1C(=O)Nc1ccccc1. The van der Waals surface area contributed by atoms with Gasteiger partial charge in [0, 0.05) is 30.0 Å². The zero-order chi connectivity index (χ0) is 22.6. The monoisotopic (exact) mass is 437 g/mol. The van der Waals surface area contributed by atoms with Crippen LogP contribution in [0.15, 0.2) is 73.1 Å². The fraction of sp³-hybridized carbons (Fsp3) is 0.259. The van der Waals surface area contributed by atoms with Crippen molar-refractivity contribution in [3.05, 3.63) is 95.7 Å². The molecule has 166 valence electrons. The molecule has 4 aromatic rings. The summed E-state index contributed by atoms with van der Waals surface area (Å²) in [5.74, 6) is 0.607. The van der Waals surface area contributed by atoms with Crippen LogP contribution in [0.3, 0.4) is 0 Å². The summed E-state index contributed by atoms with van der Waals surface area (Å²) in [6, 6.07) is 20.0. The molecule has 1 N–H and O–H groups in total. The van der Waals surface area contributed by atoms with E-state index >= 15 is 0 Å². The molecule has 0 radical (unpaired) electrons. The first kappa shape index (κ1) is 21.2. The average Bonchev–Trinajstić information content (AvgIpc) is 2.85. The first-order chi connectivity index (χ1) is 16.2. The lowest BCUT2D eigenvalue weighted by molar-refractivity contribution is 0.102. The van der Waals surface area contributed by atoms with Gasteiger partial charge in [-0.05, 0) is 56.1 Å². The number of fused-ring (bicyclic) bond motifs is 1. The summed E-state index contributed by atoms with van der Waals surface area (Å²) in [5.41, 5.74) is 4.25. The van der Waals surface area contributed by atoms with Crippen LogP contribution in [0.2, 0.25) is 0 Å². The topological polar surface area (TPSA) is 71.0 Å². The second-order valence-electron chi connectivity index (χ2n) is 8.52. The molecule has 5 rings (SSSR count). The molecule has 6 heteroatoms. The smallest absolute Gasteiger partial charge is 0.259 e. The van der Waals surface area contributed by atoms with Crippen LogP contribution in [0.25, 0.3) is 10.9 Å². The number of piperidine rings is 1. The molecule has 0 saturated carbocycles. The highest BCUT2D eigenvalue weighted by Crippen LogP contribution is 2.32. The van der Waals surface area contributed by atoms with Crippen LogP contribution in [0, 0.1) is 6.92 Å². The Hall–Kier alpha value is -3.64. The lowest BCUT2D eigenvalue weighted by Gasteiger charge is -2.35. The van der Waals surface area contributed by atoms with E-state index in [0.29, 0.717) is 11.3 Å². The Morgan fingerprint density at radius 2 is 1.91 bits per heavy atom. The molecule has 1 fully saturated rings. The van der Waals surface area contributed by atoms with Crippen molar-refractivity contribution < 1.29 is 4.79 Å². The maximum absolute atomic E-state index is 12.7. The minimum atomic E-state index is -0.186. The third kappa shape index (κ3) is 4.61. The fourth-order valence-electron chi connectivity index (χ4n) is 4.58. The molecule has 6 nitrogen and oxygen atoms in total. The number of pyridine rings is 1. The summed E-state index contributed by atoms with van der Waals surface area (Å²) in [7, 11) is 0. The predicted molar refractivity (Wildman–Crippen MR) is 130 cm³/mol. The molecule has 1 atom stereocenters. The van der Waals surface area contributed by atoms with E-state index in [1.165, 1.54) is 10.9 Å². The van der Waals surface area contributed by atoms with Crippen LogP contribution in [0.5, 0.6) is 0 Å². The van der Waals surface area contributed by atoms with E-state index in [9.17, 15) is 4.79 Å². The van der Waals surface area contributed by atoms with Gasteiger partial charge in [-0.15, -0.1) is 0 Å². The number of aromatic nitrogens is 3. The van der Waals surface area contributed by atoms with Crippen molar-refractivity contribution in [3.8, 4) is 0 Å². The molecular formula is C27H27N5O. The van der Waals surface area contributed by atoms with Crippen molar-refractivity contribution in [2.24, 2.45) is 0 Å². The second kappa shape index (κ2) is 9.46. The Balaban J connectivity index is 1.38. The molecule has 0 unspecified atom stereocenters. The molecule has 2 aromatic heterocycles. The van der Waals surface area contributed by atoms with Crippen LogP contribution in [-0.4, -0.2) is 32.3 Å². The van der Waals surface area contributed by atoms with Crippen molar-refractivity contribution in [3.63, 3.8) is 0 Å². The van der Waals surface area contributed by atoms with Gasteiger partial charge in [0.25, 0.3) is 5.91 Å². The maximum Gasteiger partial charge on any atom is 0.259 e. The molecule has 3 heterocycles. The summed E-state index contributed by atoms with van der Waals surface area (Å²) >= 11 is 0. The number of para-hydroxylation sites is 1. The van der Waals surface area contributed by atoms with Gasteiger partial charge in [0.1, 0.15) is 5.82 Å². The first-order valence-corrected chi connectivity index (χ1v) is 11.5. The largest absolute Gasteiger partial charge is 0.322 e. The predicted octanol–water partition coefficient (Wildman–Crippen LogP) is 5.31. The van der Waals surface area contributed by atoms with Crippen LogP contribution in [0.4, 0.5) is 5.69 Å². The Morgan fingerprint density at radius 1 is 1.03 bits per heavy atom. The van der Waals surface area contributed by atoms with Crippen LogP contribution in [0.1, 0.15) is 52.7 Å². The quantitative estimate of drug-likeness (QED) is 0.458. The van der Waals surface area contributed by atoms with Gasteiger partial charge < -0.3 is 5.32 Å². The van der Waals surface area contributed by atoms with Gasteiger partial charge >= 0.3 is 0 Å². The second-order valence-corrected chi connectivity index (χ2v) is 8.52. The summed E-state index contributed by atoms with van der Waals surface area (Å²) < 4.78 is 0. The molecule has 2 aromatic carbocycles. The van der Waals surface area contributed by atoms with Gasteiger partial charge in [-0.3, -0.25) is 14.7 Å². The van der Waals surface area contributed by atoms with E-state index in [0.717, 1.165) is 49.4 Å². The van der Waals surface area contributed by atoms with E-state index in [1.807, 2.05) is 49.5 Å². The van der Waals surface area contributed by atoms with Crippen LogP contribution < -0.4 is 5.32 Å². The maximum atomic E-state index is 12.7. The van der Waals surface area contributed by atoms with Gasteiger partial charge in [0.05, 0.1) is 22.8 Å². The van der Waals surface area contributed by atoms with Crippen molar-refractivity contribution >= 4 is 22.5 Å². The molecule has 0 aliphatic carbocycles. The minimum absolute atomic E-state index is 0.135. The molecule has 1 amide bonds. The number of hydrogen-bond donors (Lipinski definition) is 1. The van der Waals surface area contributed by atoms with Crippen LogP contribution in [-0.2, 0) is 6.54 Å². The fourth-order valence-corrected chi connectivity index (χ4v) is 4.58. The standard InChI is InChI=1S/C27H27N5O/c1-19-23(27(33)31-21-10-3-2-4-11-21)17-29-26(30-19)25-14-5-6-16-32(25)18-20-9-7-13-24-22(20)12-8-15-28-24/h2-4,7-13,15,17,25H,5-6,14,16,18H2,1H3,(H,31,33)/t25-/m1/s1. The van der Waals surface area contributed by atoms with Crippen molar-refractivity contribution in [1.82, 2.24) is 19.9 Å². The molecule has 0 bridgehead atoms. The van der Waals surface area contributed by atoms with Crippen molar-refractivity contribution in [1.29, 1.82) is 0 Å². The number of benzene rings is 2. The normalized spacial score (nSPS) is 16.6. The lowest BCUT2D eigenvalue weighted by Crippen LogP contribution is -2.34. The van der Waals surface area contributed by atoms with Crippen molar-refractivity contribution in [2.75, 3.05) is 11.9 Å². The molecule has 1 saturated heterocycles. The van der Waals surface area contributed by atoms with Gasteiger partial charge in [-0.1, -0.05) is 42.8 Å². The minimum Gasteiger partial charge on any atom is -0.322 e. The average molecular weight is 438 g/mol. The van der Waals surface area contributed by atoms with E-state index in [1.54, 1.807) is 6.20 Å². The van der Waals surface area contributed by atoms with E-state index in [-0.39, 0.29) is 11.9 Å². The number of aryl methyl sites for hydroxylation is 1. The summed E-state index contributed by atoms with van der Waals surface area (Å²) in [6.45, 7) is 3.71. The third-order valence-corrected chi connectivity index (χ3v) is 6.30. The van der Waals surface area contributed by atoms with E-state index < -0.39 is 0 Å². The summed E-state index contributed by atoms with van der Waals surface area (Å²) in [5, 5.41) is 4.11. The highest BCUT2D eigenvalue weighted by atomic mass is 16.1. The van der Waals surface area contributed by atoms with Gasteiger partial charge in [0.2, 0.25) is 0 Å². The molecule has 0 spiro atoms. The Morgan fingerprint density at radius 3 is 2.76 bits per heavy atom. The van der Waals surface area contributed by atoms with E-state index in [2.05, 4.69) is 44.5 Å². The molecule has 1 aliphatic rings. The number of rotatable bonds is 5. The van der Waals surface area contributed by atoms with E-state index in [4.69, 9.17) is 4.98 Å². The number of nitrogens with one attached hydrogen (secondary N) is 1. The third-order valence-electron chi connectivity index (χ3n) is 6.30. The number of nitrogens with zero attached hydrogens (tertiary/aromatic N) is 4. The molecule has 33 heavy (non-hydrogen) atoms. The highest BCUT2D eigenvalue weighted by Gasteiger charge is 2.27. The zero-order valence-electron chi connectivity index (χ0n) is 18.7. The zero-order valence-corrected chi connectivity index (χ0v) is 18.7. The summed E-state index contributed by atoms with van der Waals surface area (Å²) in [4.78, 5) is 29.1. The number of likely N-dealkylation sites (tertiary alicyclic amines) is 1. The van der Waals surface area contributed by atoms with Gasteiger partial charge in [-0.2, -0.15) is 0 Å². The van der Waals surface area contributed by atoms with Gasteiger partial charge in [0.15, 0.2) is 0 Å². The number of hydrogen-bond acceptors (Lipinski definition) is 5.